The Morgan fingerprint density at radius 2 is 2.10 bits per heavy atom. The number of hydrogen-bond acceptors (Lipinski definition) is 3. The maximum absolute atomic E-state index is 6.22. The Hall–Kier alpha value is -0.580. The molecule has 0 heterocycles. The highest BCUT2D eigenvalue weighted by molar-refractivity contribution is 9.10. The number of ether oxygens (including phenoxy) is 2. The summed E-state index contributed by atoms with van der Waals surface area (Å²) < 4.78 is 12.8. The minimum absolute atomic E-state index is 0.129. The van der Waals surface area contributed by atoms with Crippen molar-refractivity contribution in [2.45, 2.75) is 57.3 Å². The van der Waals surface area contributed by atoms with Crippen LogP contribution in [-0.2, 0) is 11.2 Å². The molecule has 3 unspecified atom stereocenters. The SMILES string of the molecule is COC1CCCC(Oc2ccc(Br)cc2CC(C)N)C1. The van der Waals surface area contributed by atoms with Gasteiger partial charge in [0.25, 0.3) is 0 Å². The van der Waals surface area contributed by atoms with Crippen LogP contribution in [0.5, 0.6) is 5.75 Å². The Morgan fingerprint density at radius 3 is 2.80 bits per heavy atom. The highest BCUT2D eigenvalue weighted by Crippen LogP contribution is 2.29. The largest absolute Gasteiger partial charge is 0.490 e. The van der Waals surface area contributed by atoms with Gasteiger partial charge in [-0.15, -0.1) is 0 Å². The van der Waals surface area contributed by atoms with Gasteiger partial charge in [-0.2, -0.15) is 0 Å². The van der Waals surface area contributed by atoms with Crippen molar-refractivity contribution in [1.29, 1.82) is 0 Å². The molecule has 3 nitrogen and oxygen atoms in total. The van der Waals surface area contributed by atoms with E-state index < -0.39 is 0 Å². The maximum atomic E-state index is 6.22. The van der Waals surface area contributed by atoms with Crippen LogP contribution in [0.2, 0.25) is 0 Å². The fourth-order valence-corrected chi connectivity index (χ4v) is 3.18. The van der Waals surface area contributed by atoms with Gasteiger partial charge in [-0.25, -0.2) is 0 Å². The first-order chi connectivity index (χ1) is 9.58. The Labute approximate surface area is 130 Å². The second-order valence-corrected chi connectivity index (χ2v) is 6.61. The van der Waals surface area contributed by atoms with E-state index in [1.54, 1.807) is 7.11 Å². The first kappa shape index (κ1) is 15.8. The van der Waals surface area contributed by atoms with Gasteiger partial charge in [-0.3, -0.25) is 0 Å². The van der Waals surface area contributed by atoms with E-state index in [2.05, 4.69) is 22.0 Å². The molecule has 0 aliphatic heterocycles. The minimum atomic E-state index is 0.129. The number of hydrogen-bond donors (Lipinski definition) is 1. The first-order valence-electron chi connectivity index (χ1n) is 7.32. The summed E-state index contributed by atoms with van der Waals surface area (Å²) in [5, 5.41) is 0. The van der Waals surface area contributed by atoms with E-state index in [0.29, 0.717) is 6.10 Å². The maximum Gasteiger partial charge on any atom is 0.123 e. The van der Waals surface area contributed by atoms with Crippen LogP contribution in [0.25, 0.3) is 0 Å². The average Bonchev–Trinajstić information content (AvgIpc) is 2.41. The van der Waals surface area contributed by atoms with Gasteiger partial charge in [-0.1, -0.05) is 15.9 Å². The quantitative estimate of drug-likeness (QED) is 0.888. The molecule has 0 amide bonds. The van der Waals surface area contributed by atoms with Gasteiger partial charge in [0, 0.05) is 24.0 Å². The molecule has 20 heavy (non-hydrogen) atoms. The lowest BCUT2D eigenvalue weighted by Crippen LogP contribution is -2.30. The second kappa shape index (κ2) is 7.43. The summed E-state index contributed by atoms with van der Waals surface area (Å²) in [5.74, 6) is 0.965. The van der Waals surface area contributed by atoms with E-state index in [1.807, 2.05) is 19.1 Å². The Bertz CT molecular complexity index is 436. The van der Waals surface area contributed by atoms with E-state index in [0.717, 1.165) is 35.9 Å². The third-order valence-corrected chi connectivity index (χ3v) is 4.26. The lowest BCUT2D eigenvalue weighted by molar-refractivity contribution is 0.0206. The molecule has 1 aliphatic carbocycles. The fourth-order valence-electron chi connectivity index (χ4n) is 2.77. The van der Waals surface area contributed by atoms with Crippen molar-refractivity contribution < 1.29 is 9.47 Å². The van der Waals surface area contributed by atoms with Crippen LogP contribution in [0.3, 0.4) is 0 Å². The Morgan fingerprint density at radius 1 is 1.35 bits per heavy atom. The highest BCUT2D eigenvalue weighted by atomic mass is 79.9. The van der Waals surface area contributed by atoms with Crippen LogP contribution < -0.4 is 10.5 Å². The van der Waals surface area contributed by atoms with E-state index in [-0.39, 0.29) is 12.1 Å². The van der Waals surface area contributed by atoms with E-state index in [9.17, 15) is 0 Å². The molecule has 0 spiro atoms. The number of nitrogens with two attached hydrogens (primary N) is 1. The molecule has 0 bridgehead atoms. The van der Waals surface area contributed by atoms with Crippen LogP contribution in [0.15, 0.2) is 22.7 Å². The molecule has 0 saturated heterocycles. The van der Waals surface area contributed by atoms with Crippen molar-refractivity contribution in [3.8, 4) is 5.75 Å². The molecule has 1 fully saturated rings. The average molecular weight is 342 g/mol. The van der Waals surface area contributed by atoms with E-state index in [4.69, 9.17) is 15.2 Å². The van der Waals surface area contributed by atoms with Gasteiger partial charge >= 0.3 is 0 Å². The third-order valence-electron chi connectivity index (χ3n) is 3.77. The minimum Gasteiger partial charge on any atom is -0.490 e. The fraction of sp³-hybridized carbons (Fsp3) is 0.625. The molecule has 3 atom stereocenters. The normalized spacial score (nSPS) is 24.4. The van der Waals surface area contributed by atoms with Crippen LogP contribution >= 0.6 is 15.9 Å². The highest BCUT2D eigenvalue weighted by Gasteiger charge is 2.23. The summed E-state index contributed by atoms with van der Waals surface area (Å²) in [4.78, 5) is 0. The van der Waals surface area contributed by atoms with Gasteiger partial charge in [0.2, 0.25) is 0 Å². The lowest BCUT2D eigenvalue weighted by atomic mass is 9.94. The number of methoxy groups -OCH3 is 1. The van der Waals surface area contributed by atoms with Crippen molar-refractivity contribution in [1.82, 2.24) is 0 Å². The Kier molecular flexibility index (Phi) is 5.87. The van der Waals surface area contributed by atoms with Crippen molar-refractivity contribution >= 4 is 15.9 Å². The van der Waals surface area contributed by atoms with Crippen molar-refractivity contribution in [3.05, 3.63) is 28.2 Å². The second-order valence-electron chi connectivity index (χ2n) is 5.70. The van der Waals surface area contributed by atoms with Crippen LogP contribution in [-0.4, -0.2) is 25.4 Å². The van der Waals surface area contributed by atoms with Gasteiger partial charge < -0.3 is 15.2 Å². The molecular formula is C16H24BrNO2. The summed E-state index contributed by atoms with van der Waals surface area (Å²) in [6, 6.07) is 6.30. The number of halogens is 1. The molecule has 0 radical (unpaired) electrons. The van der Waals surface area contributed by atoms with E-state index >= 15 is 0 Å². The molecule has 1 saturated carbocycles. The summed E-state index contributed by atoms with van der Waals surface area (Å²) in [5.41, 5.74) is 7.10. The van der Waals surface area contributed by atoms with Gasteiger partial charge in [0.05, 0.1) is 6.10 Å². The smallest absolute Gasteiger partial charge is 0.123 e. The monoisotopic (exact) mass is 341 g/mol. The van der Waals surface area contributed by atoms with Crippen LogP contribution in [0, 0.1) is 0 Å². The van der Waals surface area contributed by atoms with Gasteiger partial charge in [0.15, 0.2) is 0 Å². The molecule has 1 aromatic rings. The summed E-state index contributed by atoms with van der Waals surface area (Å²) in [6.45, 7) is 2.02. The first-order valence-corrected chi connectivity index (χ1v) is 8.11. The molecule has 4 heteroatoms. The molecule has 112 valence electrons. The summed E-state index contributed by atoms with van der Waals surface area (Å²) in [6.07, 6.45) is 5.81. The van der Waals surface area contributed by atoms with Gasteiger partial charge in [-0.05, 0) is 56.4 Å². The topological polar surface area (TPSA) is 44.5 Å². The standard InChI is InChI=1S/C16H24BrNO2/c1-11(18)8-12-9-13(17)6-7-16(12)20-15-5-3-4-14(10-15)19-2/h6-7,9,11,14-15H,3-5,8,10,18H2,1-2H3. The molecule has 2 rings (SSSR count). The lowest BCUT2D eigenvalue weighted by Gasteiger charge is -2.29. The molecule has 2 N–H and O–H groups in total. The zero-order chi connectivity index (χ0) is 14.5. The van der Waals surface area contributed by atoms with Crippen LogP contribution in [0.1, 0.15) is 38.2 Å². The molecule has 1 aromatic carbocycles. The predicted octanol–water partition coefficient (Wildman–Crippen LogP) is 3.68. The number of benzene rings is 1. The summed E-state index contributed by atoms with van der Waals surface area (Å²) >= 11 is 3.52. The zero-order valence-corrected chi connectivity index (χ0v) is 13.9. The van der Waals surface area contributed by atoms with Crippen molar-refractivity contribution in [2.75, 3.05) is 7.11 Å². The van der Waals surface area contributed by atoms with Crippen LogP contribution in [0.4, 0.5) is 0 Å². The summed E-state index contributed by atoms with van der Waals surface area (Å²) in [7, 11) is 1.79. The molecule has 0 aromatic heterocycles. The van der Waals surface area contributed by atoms with E-state index in [1.165, 1.54) is 12.0 Å². The number of rotatable bonds is 5. The van der Waals surface area contributed by atoms with Crippen molar-refractivity contribution in [2.24, 2.45) is 5.73 Å². The molecular weight excluding hydrogens is 318 g/mol. The Balaban J connectivity index is 2.07. The molecule has 1 aliphatic rings. The van der Waals surface area contributed by atoms with Gasteiger partial charge in [0.1, 0.15) is 11.9 Å². The third kappa shape index (κ3) is 4.47. The predicted molar refractivity (Wildman–Crippen MR) is 85.2 cm³/mol. The van der Waals surface area contributed by atoms with Crippen molar-refractivity contribution in [3.63, 3.8) is 0 Å². The zero-order valence-electron chi connectivity index (χ0n) is 12.3.